The van der Waals surface area contributed by atoms with Crippen LogP contribution in [0.2, 0.25) is 0 Å². The lowest BCUT2D eigenvalue weighted by Crippen LogP contribution is -2.37. The Morgan fingerprint density at radius 3 is 2.82 bits per heavy atom. The number of aliphatic carboxylic acids is 1. The Morgan fingerprint density at radius 2 is 2.29 bits per heavy atom. The third-order valence-corrected chi connectivity index (χ3v) is 3.00. The summed E-state index contributed by atoms with van der Waals surface area (Å²) in [5.41, 5.74) is -0.639. The van der Waals surface area contributed by atoms with Gasteiger partial charge in [0.25, 0.3) is 0 Å². The molecule has 2 aromatic rings. The number of aromatic nitrogens is 4. The normalized spacial score (nSPS) is 11.7. The molecule has 0 aliphatic carbocycles. The van der Waals surface area contributed by atoms with Crippen LogP contribution in [0.15, 0.2) is 21.4 Å². The highest BCUT2D eigenvalue weighted by atomic mass is 79.9. The lowest BCUT2D eigenvalue weighted by Gasteiger charge is -2.19. The second-order valence-corrected chi connectivity index (χ2v) is 4.61. The monoisotopic (exact) mass is 300 g/mol. The molecule has 90 valence electrons. The van der Waals surface area contributed by atoms with Crippen LogP contribution in [-0.2, 0) is 10.3 Å². The van der Waals surface area contributed by atoms with Gasteiger partial charge in [0.05, 0.1) is 11.8 Å². The number of nitrogens with zero attached hydrogens (tertiary/aromatic N) is 4. The van der Waals surface area contributed by atoms with E-state index in [-0.39, 0.29) is 0 Å². The molecule has 0 unspecified atom stereocenters. The maximum absolute atomic E-state index is 11.2. The average Bonchev–Trinajstić information content (AvgIpc) is 2.84. The standard InChI is InChI=1S/C9H9BrN4O3/c1-9(2,8(15)16)14-7(11-12-13-14)5-3-4-17-6(5)10/h3-4H,1-2H3,(H,15,16). The van der Waals surface area contributed by atoms with E-state index in [1.54, 1.807) is 6.07 Å². The topological polar surface area (TPSA) is 94.0 Å². The first-order chi connectivity index (χ1) is 7.94. The molecule has 0 bridgehead atoms. The molecule has 17 heavy (non-hydrogen) atoms. The van der Waals surface area contributed by atoms with Crippen LogP contribution in [0.5, 0.6) is 0 Å². The summed E-state index contributed by atoms with van der Waals surface area (Å²) in [7, 11) is 0. The molecule has 0 saturated carbocycles. The van der Waals surface area contributed by atoms with Gasteiger partial charge in [-0.2, -0.15) is 0 Å². The van der Waals surface area contributed by atoms with Crippen molar-refractivity contribution in [3.05, 3.63) is 17.0 Å². The van der Waals surface area contributed by atoms with Crippen molar-refractivity contribution >= 4 is 21.9 Å². The molecule has 0 spiro atoms. The number of rotatable bonds is 3. The second kappa shape index (κ2) is 3.95. The number of hydrogen-bond acceptors (Lipinski definition) is 5. The zero-order chi connectivity index (χ0) is 12.6. The molecule has 0 aliphatic heterocycles. The summed E-state index contributed by atoms with van der Waals surface area (Å²) >= 11 is 3.20. The van der Waals surface area contributed by atoms with E-state index in [4.69, 9.17) is 9.52 Å². The number of carboxylic acid groups (broad SMARTS) is 1. The van der Waals surface area contributed by atoms with Crippen molar-refractivity contribution in [2.45, 2.75) is 19.4 Å². The maximum atomic E-state index is 11.2. The molecule has 2 rings (SSSR count). The number of tetrazole rings is 1. The van der Waals surface area contributed by atoms with Gasteiger partial charge in [0, 0.05) is 0 Å². The Kier molecular flexibility index (Phi) is 2.74. The molecule has 0 atom stereocenters. The Labute approximate surface area is 105 Å². The van der Waals surface area contributed by atoms with Crippen LogP contribution >= 0.6 is 15.9 Å². The van der Waals surface area contributed by atoms with Gasteiger partial charge in [-0.3, -0.25) is 0 Å². The van der Waals surface area contributed by atoms with Crippen LogP contribution in [0, 0.1) is 0 Å². The van der Waals surface area contributed by atoms with Gasteiger partial charge in [0.15, 0.2) is 16.0 Å². The van der Waals surface area contributed by atoms with Crippen LogP contribution in [0.4, 0.5) is 0 Å². The molecule has 0 radical (unpaired) electrons. The third kappa shape index (κ3) is 1.84. The molecule has 2 heterocycles. The van der Waals surface area contributed by atoms with Crippen molar-refractivity contribution in [3.8, 4) is 11.4 Å². The zero-order valence-electron chi connectivity index (χ0n) is 9.09. The number of hydrogen-bond donors (Lipinski definition) is 1. The fourth-order valence-corrected chi connectivity index (χ4v) is 1.69. The van der Waals surface area contributed by atoms with E-state index < -0.39 is 11.5 Å². The maximum Gasteiger partial charge on any atom is 0.331 e. The quantitative estimate of drug-likeness (QED) is 0.923. The summed E-state index contributed by atoms with van der Waals surface area (Å²) < 4.78 is 6.77. The minimum absolute atomic E-state index is 0.332. The van der Waals surface area contributed by atoms with Crippen molar-refractivity contribution in [2.75, 3.05) is 0 Å². The van der Waals surface area contributed by atoms with Crippen molar-refractivity contribution in [2.24, 2.45) is 0 Å². The minimum Gasteiger partial charge on any atom is -0.479 e. The SMILES string of the molecule is CC(C)(C(=O)O)n1nnnc1-c1ccoc1Br. The highest BCUT2D eigenvalue weighted by molar-refractivity contribution is 9.10. The molecular weight excluding hydrogens is 292 g/mol. The smallest absolute Gasteiger partial charge is 0.331 e. The van der Waals surface area contributed by atoms with Crippen LogP contribution in [0.25, 0.3) is 11.4 Å². The van der Waals surface area contributed by atoms with Crippen molar-refractivity contribution in [1.82, 2.24) is 20.2 Å². The van der Waals surface area contributed by atoms with Crippen molar-refractivity contribution < 1.29 is 14.3 Å². The van der Waals surface area contributed by atoms with Crippen LogP contribution < -0.4 is 0 Å². The fourth-order valence-electron chi connectivity index (χ4n) is 1.28. The second-order valence-electron chi connectivity index (χ2n) is 3.89. The van der Waals surface area contributed by atoms with Crippen LogP contribution in [0.1, 0.15) is 13.8 Å². The molecule has 0 amide bonds. The lowest BCUT2D eigenvalue weighted by molar-refractivity contribution is -0.146. The molecule has 0 aliphatic rings. The molecule has 7 nitrogen and oxygen atoms in total. The third-order valence-electron chi connectivity index (χ3n) is 2.38. The first-order valence-electron chi connectivity index (χ1n) is 4.70. The van der Waals surface area contributed by atoms with Gasteiger partial charge < -0.3 is 9.52 Å². The number of halogens is 1. The van der Waals surface area contributed by atoms with E-state index >= 15 is 0 Å². The highest BCUT2D eigenvalue weighted by Gasteiger charge is 2.34. The molecular formula is C9H9BrN4O3. The van der Waals surface area contributed by atoms with Gasteiger partial charge in [0.1, 0.15) is 0 Å². The van der Waals surface area contributed by atoms with Gasteiger partial charge in [0.2, 0.25) is 0 Å². The number of furan rings is 1. The fraction of sp³-hybridized carbons (Fsp3) is 0.333. The molecule has 0 saturated heterocycles. The molecule has 0 fully saturated rings. The van der Waals surface area contributed by atoms with Gasteiger partial charge in [-0.1, -0.05) is 0 Å². The zero-order valence-corrected chi connectivity index (χ0v) is 10.7. The van der Waals surface area contributed by atoms with E-state index in [1.807, 2.05) is 0 Å². The molecule has 2 aromatic heterocycles. The Bertz CT molecular complexity index is 560. The van der Waals surface area contributed by atoms with E-state index in [0.717, 1.165) is 0 Å². The summed E-state index contributed by atoms with van der Waals surface area (Å²) in [6.07, 6.45) is 1.46. The first-order valence-corrected chi connectivity index (χ1v) is 5.49. The summed E-state index contributed by atoms with van der Waals surface area (Å²) in [5, 5.41) is 20.2. The predicted molar refractivity (Wildman–Crippen MR) is 60.2 cm³/mol. The molecule has 0 aromatic carbocycles. The van der Waals surface area contributed by atoms with Crippen molar-refractivity contribution in [1.29, 1.82) is 0 Å². The van der Waals surface area contributed by atoms with E-state index in [2.05, 4.69) is 31.5 Å². The van der Waals surface area contributed by atoms with Gasteiger partial charge in [-0.25, -0.2) is 9.48 Å². The van der Waals surface area contributed by atoms with E-state index in [9.17, 15) is 4.79 Å². The van der Waals surface area contributed by atoms with Crippen LogP contribution in [-0.4, -0.2) is 31.3 Å². The molecule has 1 N–H and O–H groups in total. The number of carboxylic acids is 1. The van der Waals surface area contributed by atoms with Gasteiger partial charge in [-0.05, 0) is 46.3 Å². The van der Waals surface area contributed by atoms with E-state index in [0.29, 0.717) is 16.1 Å². The lowest BCUT2D eigenvalue weighted by atomic mass is 10.1. The summed E-state index contributed by atoms with van der Waals surface area (Å²) in [6.45, 7) is 3.03. The van der Waals surface area contributed by atoms with Crippen LogP contribution in [0.3, 0.4) is 0 Å². The van der Waals surface area contributed by atoms with Crippen molar-refractivity contribution in [3.63, 3.8) is 0 Å². The Hall–Kier alpha value is -1.70. The average molecular weight is 301 g/mol. The summed E-state index contributed by atoms with van der Waals surface area (Å²) in [4.78, 5) is 11.2. The number of carbonyl (C=O) groups is 1. The van der Waals surface area contributed by atoms with Gasteiger partial charge in [-0.15, -0.1) is 5.10 Å². The minimum atomic E-state index is -1.24. The van der Waals surface area contributed by atoms with E-state index in [1.165, 1.54) is 24.8 Å². The Morgan fingerprint density at radius 1 is 1.59 bits per heavy atom. The van der Waals surface area contributed by atoms with Gasteiger partial charge >= 0.3 is 5.97 Å². The predicted octanol–water partition coefficient (Wildman–Crippen LogP) is 1.52. The largest absolute Gasteiger partial charge is 0.479 e. The first kappa shape index (κ1) is 11.8. The summed E-state index contributed by atoms with van der Waals surface area (Å²) in [6, 6.07) is 1.66. The Balaban J connectivity index is 2.57. The molecule has 8 heteroatoms. The highest BCUT2D eigenvalue weighted by Crippen LogP contribution is 2.29. The summed E-state index contributed by atoms with van der Waals surface area (Å²) in [5.74, 6) is -0.691.